The van der Waals surface area contributed by atoms with Gasteiger partial charge in [0.1, 0.15) is 0 Å². The van der Waals surface area contributed by atoms with Crippen molar-refractivity contribution in [2.24, 2.45) is 5.41 Å². The van der Waals surface area contributed by atoms with Crippen molar-refractivity contribution in [3.05, 3.63) is 11.4 Å². The van der Waals surface area contributed by atoms with Crippen LogP contribution in [0.1, 0.15) is 51.9 Å². The summed E-state index contributed by atoms with van der Waals surface area (Å²) in [5.74, 6) is 0. The highest BCUT2D eigenvalue weighted by molar-refractivity contribution is 5.10. The summed E-state index contributed by atoms with van der Waals surface area (Å²) >= 11 is 0. The molecule has 3 nitrogen and oxygen atoms in total. The first-order valence-corrected chi connectivity index (χ1v) is 5.41. The van der Waals surface area contributed by atoms with Crippen LogP contribution in [0.4, 0.5) is 0 Å². The van der Waals surface area contributed by atoms with E-state index in [1.54, 1.807) is 0 Å². The van der Waals surface area contributed by atoms with E-state index < -0.39 is 0 Å². The van der Waals surface area contributed by atoms with E-state index in [9.17, 15) is 0 Å². The van der Waals surface area contributed by atoms with E-state index in [2.05, 4.69) is 43.1 Å². The monoisotopic (exact) mass is 195 g/mol. The number of rotatable bonds is 4. The molecule has 80 valence electrons. The molecule has 3 heteroatoms. The Hall–Kier alpha value is -0.860. The van der Waals surface area contributed by atoms with E-state index in [-0.39, 0.29) is 5.41 Å². The second-order valence-corrected chi connectivity index (χ2v) is 5.08. The Kier molecular flexibility index (Phi) is 3.67. The third kappa shape index (κ3) is 3.48. The molecule has 0 amide bonds. The first-order chi connectivity index (χ1) is 6.53. The predicted octanol–water partition coefficient (Wildman–Crippen LogP) is 2.74. The Morgan fingerprint density at radius 2 is 2.00 bits per heavy atom. The second kappa shape index (κ2) is 4.58. The molecule has 0 radical (unpaired) electrons. The van der Waals surface area contributed by atoms with Crippen LogP contribution in [-0.4, -0.2) is 15.4 Å². The van der Waals surface area contributed by atoms with Crippen molar-refractivity contribution >= 4 is 0 Å². The molecule has 0 fully saturated rings. The molecule has 1 rings (SSSR count). The lowest BCUT2D eigenvalue weighted by atomic mass is 9.89. The molecule has 14 heavy (non-hydrogen) atoms. The Morgan fingerprint density at radius 1 is 1.29 bits per heavy atom. The van der Waals surface area contributed by atoms with Gasteiger partial charge in [-0.15, -0.1) is 5.10 Å². The van der Waals surface area contributed by atoms with Gasteiger partial charge in [-0.2, -0.15) is 0 Å². The predicted molar refractivity (Wildman–Crippen MR) is 58.2 cm³/mol. The number of hydrogen-bond acceptors (Lipinski definition) is 2. The molecule has 0 saturated carbocycles. The Balaban J connectivity index is 2.63. The van der Waals surface area contributed by atoms with E-state index in [0.29, 0.717) is 0 Å². The summed E-state index contributed by atoms with van der Waals surface area (Å²) in [6.45, 7) is 8.88. The van der Waals surface area contributed by atoms with Crippen LogP contribution >= 0.6 is 0 Å². The van der Waals surface area contributed by atoms with Crippen LogP contribution in [0.2, 0.25) is 0 Å². The van der Waals surface area contributed by atoms with Gasteiger partial charge in [0.15, 0.2) is 0 Å². The smallest absolute Gasteiger partial charge is 0.0861 e. The maximum Gasteiger partial charge on any atom is 0.0861 e. The van der Waals surface area contributed by atoms with Gasteiger partial charge in [-0.05, 0) is 24.7 Å². The average molecular weight is 195 g/mol. The molecular formula is C11H21N3. The lowest BCUT2D eigenvalue weighted by molar-refractivity contribution is 0.404. The standard InChI is InChI=1S/C11H21N3/c1-5-6-7-9-10(13-14-12-9)8-11(2,3)4/h5-8H2,1-4H3,(H,12,13,14). The zero-order chi connectivity index (χ0) is 10.6. The van der Waals surface area contributed by atoms with E-state index >= 15 is 0 Å². The van der Waals surface area contributed by atoms with Gasteiger partial charge in [-0.1, -0.05) is 39.3 Å². The van der Waals surface area contributed by atoms with Crippen molar-refractivity contribution in [3.8, 4) is 0 Å². The highest BCUT2D eigenvalue weighted by Crippen LogP contribution is 2.21. The van der Waals surface area contributed by atoms with Crippen molar-refractivity contribution < 1.29 is 0 Å². The topological polar surface area (TPSA) is 41.6 Å². The lowest BCUT2D eigenvalue weighted by Gasteiger charge is -2.16. The number of aryl methyl sites for hydroxylation is 1. The van der Waals surface area contributed by atoms with Crippen LogP contribution in [0.15, 0.2) is 0 Å². The molecule has 0 spiro atoms. The van der Waals surface area contributed by atoms with Crippen LogP contribution in [0.3, 0.4) is 0 Å². The highest BCUT2D eigenvalue weighted by Gasteiger charge is 2.16. The van der Waals surface area contributed by atoms with Gasteiger partial charge in [0.2, 0.25) is 0 Å². The summed E-state index contributed by atoms with van der Waals surface area (Å²) in [6.07, 6.45) is 4.51. The van der Waals surface area contributed by atoms with Crippen LogP contribution in [0.25, 0.3) is 0 Å². The molecular weight excluding hydrogens is 174 g/mol. The number of nitrogens with zero attached hydrogens (tertiary/aromatic N) is 2. The van der Waals surface area contributed by atoms with Gasteiger partial charge in [0, 0.05) is 0 Å². The maximum absolute atomic E-state index is 4.15. The zero-order valence-corrected chi connectivity index (χ0v) is 9.72. The van der Waals surface area contributed by atoms with Crippen molar-refractivity contribution in [2.75, 3.05) is 0 Å². The Bertz CT molecular complexity index is 270. The summed E-state index contributed by atoms with van der Waals surface area (Å²) in [5.41, 5.74) is 2.66. The van der Waals surface area contributed by atoms with E-state index in [1.165, 1.54) is 18.5 Å². The minimum Gasteiger partial charge on any atom is -0.262 e. The number of aromatic amines is 1. The quantitative estimate of drug-likeness (QED) is 0.802. The number of H-pyrrole nitrogens is 1. The molecule has 0 saturated heterocycles. The maximum atomic E-state index is 4.15. The molecule has 0 unspecified atom stereocenters. The van der Waals surface area contributed by atoms with Crippen molar-refractivity contribution in [1.29, 1.82) is 0 Å². The van der Waals surface area contributed by atoms with Gasteiger partial charge in [-0.25, -0.2) is 0 Å². The summed E-state index contributed by atoms with van der Waals surface area (Å²) in [7, 11) is 0. The lowest BCUT2D eigenvalue weighted by Crippen LogP contribution is -2.11. The third-order valence-electron chi connectivity index (χ3n) is 2.18. The SMILES string of the molecule is CCCCc1[nH]nnc1CC(C)(C)C. The van der Waals surface area contributed by atoms with E-state index in [4.69, 9.17) is 0 Å². The first kappa shape index (κ1) is 11.2. The molecule has 0 aliphatic rings. The molecule has 1 aromatic rings. The average Bonchev–Trinajstić information content (AvgIpc) is 2.45. The van der Waals surface area contributed by atoms with Gasteiger partial charge in [0.05, 0.1) is 11.4 Å². The number of unbranched alkanes of at least 4 members (excludes halogenated alkanes) is 1. The van der Waals surface area contributed by atoms with Crippen LogP contribution in [0.5, 0.6) is 0 Å². The largest absolute Gasteiger partial charge is 0.262 e. The molecule has 1 heterocycles. The molecule has 0 aromatic carbocycles. The molecule has 0 aliphatic carbocycles. The van der Waals surface area contributed by atoms with Crippen molar-refractivity contribution in [3.63, 3.8) is 0 Å². The Labute approximate surface area is 86.3 Å². The van der Waals surface area contributed by atoms with E-state index in [0.717, 1.165) is 18.5 Å². The summed E-state index contributed by atoms with van der Waals surface area (Å²) in [6, 6.07) is 0. The fourth-order valence-electron chi connectivity index (χ4n) is 1.47. The van der Waals surface area contributed by atoms with Crippen LogP contribution in [-0.2, 0) is 12.8 Å². The summed E-state index contributed by atoms with van der Waals surface area (Å²) in [5, 5.41) is 11.0. The number of nitrogens with one attached hydrogen (secondary N) is 1. The number of hydrogen-bond donors (Lipinski definition) is 1. The minimum absolute atomic E-state index is 0.290. The molecule has 0 bridgehead atoms. The van der Waals surface area contributed by atoms with E-state index in [1.807, 2.05) is 0 Å². The fraction of sp³-hybridized carbons (Fsp3) is 0.818. The van der Waals surface area contributed by atoms with Crippen molar-refractivity contribution in [2.45, 2.75) is 53.4 Å². The van der Waals surface area contributed by atoms with Crippen LogP contribution in [0, 0.1) is 5.41 Å². The van der Waals surface area contributed by atoms with Crippen LogP contribution < -0.4 is 0 Å². The van der Waals surface area contributed by atoms with Crippen molar-refractivity contribution in [1.82, 2.24) is 15.4 Å². The van der Waals surface area contributed by atoms with Gasteiger partial charge >= 0.3 is 0 Å². The normalized spacial score (nSPS) is 12.0. The minimum atomic E-state index is 0.290. The molecule has 0 aliphatic heterocycles. The second-order valence-electron chi connectivity index (χ2n) is 5.08. The highest BCUT2D eigenvalue weighted by atomic mass is 15.3. The fourth-order valence-corrected chi connectivity index (χ4v) is 1.47. The summed E-state index contributed by atoms with van der Waals surface area (Å²) in [4.78, 5) is 0. The molecule has 0 atom stereocenters. The molecule has 1 N–H and O–H groups in total. The zero-order valence-electron chi connectivity index (χ0n) is 9.72. The third-order valence-corrected chi connectivity index (χ3v) is 2.18. The first-order valence-electron chi connectivity index (χ1n) is 5.41. The van der Waals surface area contributed by atoms with Gasteiger partial charge in [0.25, 0.3) is 0 Å². The number of aromatic nitrogens is 3. The van der Waals surface area contributed by atoms with Gasteiger partial charge in [-0.3, -0.25) is 5.10 Å². The molecule has 1 aromatic heterocycles. The Morgan fingerprint density at radius 3 is 2.57 bits per heavy atom. The summed E-state index contributed by atoms with van der Waals surface area (Å²) < 4.78 is 0. The van der Waals surface area contributed by atoms with Gasteiger partial charge < -0.3 is 0 Å².